The first kappa shape index (κ1) is 20.2. The molecule has 5 rings (SSSR count). The molecule has 8 nitrogen and oxygen atoms in total. The summed E-state index contributed by atoms with van der Waals surface area (Å²) >= 11 is 0. The summed E-state index contributed by atoms with van der Waals surface area (Å²) in [6.45, 7) is 1.64. The van der Waals surface area contributed by atoms with Gasteiger partial charge in [-0.05, 0) is 62.6 Å². The molecule has 1 aliphatic carbocycles. The normalized spacial score (nSPS) is 21.8. The van der Waals surface area contributed by atoms with E-state index in [0.29, 0.717) is 35.3 Å². The minimum atomic E-state index is -0.884. The van der Waals surface area contributed by atoms with Crippen molar-refractivity contribution in [2.45, 2.75) is 44.3 Å². The Morgan fingerprint density at radius 2 is 1.78 bits per heavy atom. The summed E-state index contributed by atoms with van der Waals surface area (Å²) in [6.07, 6.45) is 2.81. The van der Waals surface area contributed by atoms with E-state index < -0.39 is 5.66 Å². The number of fused-ring (bicyclic) bond motifs is 3. The van der Waals surface area contributed by atoms with Crippen LogP contribution in [0.1, 0.15) is 53.3 Å². The predicted octanol–water partition coefficient (Wildman–Crippen LogP) is 2.52. The third-order valence-corrected chi connectivity index (χ3v) is 6.39. The second-order valence-corrected chi connectivity index (χ2v) is 8.73. The molecule has 2 aliphatic heterocycles. The molecule has 0 bridgehead atoms. The predicted molar refractivity (Wildman–Crippen MR) is 118 cm³/mol. The maximum absolute atomic E-state index is 13.2. The van der Waals surface area contributed by atoms with Gasteiger partial charge in [-0.15, -0.1) is 0 Å². The van der Waals surface area contributed by atoms with Gasteiger partial charge in [0.1, 0.15) is 12.2 Å². The number of amides is 4. The van der Waals surface area contributed by atoms with Crippen LogP contribution in [0.15, 0.2) is 48.5 Å². The Labute approximate surface area is 185 Å². The van der Waals surface area contributed by atoms with Crippen LogP contribution in [0.3, 0.4) is 0 Å². The van der Waals surface area contributed by atoms with Crippen molar-refractivity contribution in [1.29, 1.82) is 0 Å². The molecule has 1 unspecified atom stereocenters. The van der Waals surface area contributed by atoms with Crippen molar-refractivity contribution in [1.82, 2.24) is 10.2 Å². The molecule has 3 aliphatic rings. The molecule has 0 radical (unpaired) electrons. The topological polar surface area (TPSA) is 98.8 Å². The van der Waals surface area contributed by atoms with E-state index in [9.17, 15) is 19.2 Å². The van der Waals surface area contributed by atoms with Gasteiger partial charge in [0.15, 0.2) is 0 Å². The van der Waals surface area contributed by atoms with E-state index in [0.717, 1.165) is 12.8 Å². The number of carbonyl (C=O) groups is 4. The molecule has 2 heterocycles. The van der Waals surface area contributed by atoms with E-state index in [4.69, 9.17) is 0 Å². The monoisotopic (exact) mass is 432 g/mol. The fourth-order valence-corrected chi connectivity index (χ4v) is 4.49. The number of hydrogen-bond acceptors (Lipinski definition) is 4. The lowest BCUT2D eigenvalue weighted by Crippen LogP contribution is -2.63. The van der Waals surface area contributed by atoms with Gasteiger partial charge >= 0.3 is 0 Å². The number of nitrogens with one attached hydrogen (secondary N) is 2. The second kappa shape index (κ2) is 7.47. The Morgan fingerprint density at radius 3 is 2.50 bits per heavy atom. The molecule has 1 saturated heterocycles. The van der Waals surface area contributed by atoms with Crippen molar-refractivity contribution in [3.8, 4) is 0 Å². The Balaban J connectivity index is 1.32. The van der Waals surface area contributed by atoms with E-state index in [1.807, 2.05) is 6.92 Å². The third-order valence-electron chi connectivity index (χ3n) is 6.39. The first-order chi connectivity index (χ1) is 15.4. The average Bonchev–Trinajstić information content (AvgIpc) is 3.54. The van der Waals surface area contributed by atoms with Gasteiger partial charge in [0.2, 0.25) is 11.8 Å². The Kier molecular flexibility index (Phi) is 4.73. The summed E-state index contributed by atoms with van der Waals surface area (Å²) in [5.41, 5.74) is 1.20. The molecule has 2 fully saturated rings. The van der Waals surface area contributed by atoms with Gasteiger partial charge in [-0.25, -0.2) is 0 Å². The van der Waals surface area contributed by atoms with Gasteiger partial charge in [-0.1, -0.05) is 12.1 Å². The number of benzene rings is 2. The zero-order valence-electron chi connectivity index (χ0n) is 17.8. The Morgan fingerprint density at radius 1 is 1.06 bits per heavy atom. The van der Waals surface area contributed by atoms with Crippen molar-refractivity contribution in [3.63, 3.8) is 0 Å². The average molecular weight is 432 g/mol. The maximum Gasteiger partial charge on any atom is 0.258 e. The molecule has 164 valence electrons. The maximum atomic E-state index is 13.2. The molecule has 0 spiro atoms. The molecule has 2 aromatic rings. The molecule has 8 heteroatoms. The second-order valence-electron chi connectivity index (χ2n) is 8.73. The summed E-state index contributed by atoms with van der Waals surface area (Å²) in [6, 6.07) is 13.9. The highest BCUT2D eigenvalue weighted by Gasteiger charge is 2.53. The van der Waals surface area contributed by atoms with E-state index in [2.05, 4.69) is 10.6 Å². The SMILES string of the molecule is CC12CCC(=O)N1c1ccccc1C(=O)N2CC(=O)Nc1ccc(C(=O)NC2CC2)cc1. The van der Waals surface area contributed by atoms with Gasteiger partial charge in [0.25, 0.3) is 11.8 Å². The zero-order chi connectivity index (χ0) is 22.5. The molecular weight excluding hydrogens is 408 g/mol. The Bertz CT molecular complexity index is 1130. The van der Waals surface area contributed by atoms with Crippen molar-refractivity contribution in [2.75, 3.05) is 16.8 Å². The molecule has 32 heavy (non-hydrogen) atoms. The molecule has 4 amide bonds. The van der Waals surface area contributed by atoms with Crippen molar-refractivity contribution in [3.05, 3.63) is 59.7 Å². The van der Waals surface area contributed by atoms with Crippen molar-refractivity contribution >= 4 is 35.0 Å². The smallest absolute Gasteiger partial charge is 0.258 e. The minimum Gasteiger partial charge on any atom is -0.349 e. The van der Waals surface area contributed by atoms with Crippen molar-refractivity contribution in [2.24, 2.45) is 0 Å². The number of para-hydroxylation sites is 1. The first-order valence-electron chi connectivity index (χ1n) is 10.8. The van der Waals surface area contributed by atoms with Crippen LogP contribution < -0.4 is 15.5 Å². The molecule has 0 aromatic heterocycles. The first-order valence-corrected chi connectivity index (χ1v) is 10.8. The number of hydrogen-bond donors (Lipinski definition) is 2. The summed E-state index contributed by atoms with van der Waals surface area (Å²) < 4.78 is 0. The number of anilines is 2. The highest BCUT2D eigenvalue weighted by molar-refractivity contribution is 6.11. The quantitative estimate of drug-likeness (QED) is 0.759. The number of nitrogens with zero attached hydrogens (tertiary/aromatic N) is 2. The van der Waals surface area contributed by atoms with Crippen LogP contribution in [0.5, 0.6) is 0 Å². The summed E-state index contributed by atoms with van der Waals surface area (Å²) in [4.78, 5) is 53.9. The van der Waals surface area contributed by atoms with E-state index in [1.165, 1.54) is 4.90 Å². The van der Waals surface area contributed by atoms with Crippen molar-refractivity contribution < 1.29 is 19.2 Å². The van der Waals surface area contributed by atoms with Gasteiger partial charge < -0.3 is 15.5 Å². The van der Waals surface area contributed by atoms with E-state index in [1.54, 1.807) is 53.4 Å². The molecule has 1 saturated carbocycles. The third kappa shape index (κ3) is 3.41. The van der Waals surface area contributed by atoms with E-state index >= 15 is 0 Å². The molecule has 1 atom stereocenters. The zero-order valence-corrected chi connectivity index (χ0v) is 17.8. The van der Waals surface area contributed by atoms with Crippen LogP contribution in [0, 0.1) is 0 Å². The molecule has 2 N–H and O–H groups in total. The lowest BCUT2D eigenvalue weighted by molar-refractivity contribution is -0.120. The Hall–Kier alpha value is -3.68. The summed E-state index contributed by atoms with van der Waals surface area (Å²) in [7, 11) is 0. The number of carbonyl (C=O) groups excluding carboxylic acids is 4. The minimum absolute atomic E-state index is 0.0575. The highest BCUT2D eigenvalue weighted by atomic mass is 16.2. The van der Waals surface area contributed by atoms with Gasteiger partial charge in [-0.3, -0.25) is 24.1 Å². The van der Waals surface area contributed by atoms with Crippen LogP contribution in [0.25, 0.3) is 0 Å². The van der Waals surface area contributed by atoms with E-state index in [-0.39, 0.29) is 36.2 Å². The van der Waals surface area contributed by atoms with Crippen LogP contribution in [-0.4, -0.2) is 46.8 Å². The lowest BCUT2D eigenvalue weighted by atomic mass is 9.98. The van der Waals surface area contributed by atoms with Crippen LogP contribution in [0.4, 0.5) is 11.4 Å². The molecular formula is C24H24N4O4. The fourth-order valence-electron chi connectivity index (χ4n) is 4.49. The highest BCUT2D eigenvalue weighted by Crippen LogP contribution is 2.43. The van der Waals surface area contributed by atoms with Gasteiger partial charge in [0, 0.05) is 23.7 Å². The van der Waals surface area contributed by atoms with Crippen LogP contribution in [-0.2, 0) is 9.59 Å². The van der Waals surface area contributed by atoms with Gasteiger partial charge in [0.05, 0.1) is 11.3 Å². The molecule has 2 aromatic carbocycles. The summed E-state index contributed by atoms with van der Waals surface area (Å²) in [5.74, 6) is -0.815. The fraction of sp³-hybridized carbons (Fsp3) is 0.333. The largest absolute Gasteiger partial charge is 0.349 e. The van der Waals surface area contributed by atoms with Crippen LogP contribution in [0.2, 0.25) is 0 Å². The van der Waals surface area contributed by atoms with Crippen LogP contribution >= 0.6 is 0 Å². The lowest BCUT2D eigenvalue weighted by Gasteiger charge is -2.48. The summed E-state index contributed by atoms with van der Waals surface area (Å²) in [5, 5.41) is 5.72. The number of rotatable bonds is 5. The standard InChI is InChI=1S/C24H24N4O4/c1-24-13-12-21(30)28(24)19-5-3-2-4-18(19)23(32)27(24)14-20(29)25-16-8-6-15(7-9-16)22(31)26-17-10-11-17/h2-9,17H,10-14H2,1H3,(H,25,29)(H,26,31). The van der Waals surface area contributed by atoms with Gasteiger partial charge in [-0.2, -0.15) is 0 Å².